The van der Waals surface area contributed by atoms with E-state index < -0.39 is 23.1 Å². The third-order valence-corrected chi connectivity index (χ3v) is 2.89. The summed E-state index contributed by atoms with van der Waals surface area (Å²) < 4.78 is 13.1. The number of amides is 1. The highest BCUT2D eigenvalue weighted by atomic mass is 19.1. The van der Waals surface area contributed by atoms with E-state index in [9.17, 15) is 14.0 Å². The Labute approximate surface area is 97.4 Å². The van der Waals surface area contributed by atoms with E-state index in [-0.39, 0.29) is 0 Å². The van der Waals surface area contributed by atoms with Gasteiger partial charge in [-0.2, -0.15) is 0 Å². The number of halogens is 1. The molecule has 0 spiro atoms. The Morgan fingerprint density at radius 2 is 2.00 bits per heavy atom. The van der Waals surface area contributed by atoms with E-state index in [0.29, 0.717) is 24.1 Å². The highest BCUT2D eigenvalue weighted by Crippen LogP contribution is 2.46. The number of carbonyl (C=O) groups excluding carboxylic acids is 1. The zero-order valence-electron chi connectivity index (χ0n) is 9.29. The van der Waals surface area contributed by atoms with E-state index in [2.05, 4.69) is 5.32 Å². The Bertz CT molecular complexity index is 474. The van der Waals surface area contributed by atoms with Gasteiger partial charge in [-0.25, -0.2) is 4.39 Å². The van der Waals surface area contributed by atoms with E-state index in [0.717, 1.165) is 0 Å². The van der Waals surface area contributed by atoms with Gasteiger partial charge in [0.05, 0.1) is 0 Å². The van der Waals surface area contributed by atoms with Gasteiger partial charge in [-0.1, -0.05) is 0 Å². The van der Waals surface area contributed by atoms with Gasteiger partial charge in [0, 0.05) is 5.69 Å². The molecule has 1 aliphatic carbocycles. The van der Waals surface area contributed by atoms with Gasteiger partial charge >= 0.3 is 5.97 Å². The first-order valence-corrected chi connectivity index (χ1v) is 5.26. The molecule has 1 aromatic carbocycles. The summed E-state index contributed by atoms with van der Waals surface area (Å²) in [5.41, 5.74) is -0.347. The summed E-state index contributed by atoms with van der Waals surface area (Å²) in [7, 11) is 0. The smallest absolute Gasteiger partial charge is 0.319 e. The van der Waals surface area contributed by atoms with Crippen LogP contribution in [0.4, 0.5) is 10.1 Å². The van der Waals surface area contributed by atoms with Crippen LogP contribution >= 0.6 is 0 Å². The van der Waals surface area contributed by atoms with Crippen molar-refractivity contribution in [1.82, 2.24) is 0 Å². The molecule has 2 N–H and O–H groups in total. The zero-order valence-corrected chi connectivity index (χ0v) is 9.29. The molecule has 5 heteroatoms. The Hall–Kier alpha value is -1.91. The predicted octanol–water partition coefficient (Wildman–Crippen LogP) is 1.94. The number of nitrogens with one attached hydrogen (secondary N) is 1. The maximum Gasteiger partial charge on any atom is 0.319 e. The van der Waals surface area contributed by atoms with Crippen molar-refractivity contribution in [2.75, 3.05) is 5.32 Å². The van der Waals surface area contributed by atoms with Crippen LogP contribution in [-0.2, 0) is 9.59 Å². The average molecular weight is 237 g/mol. The molecule has 1 aliphatic rings. The number of anilines is 1. The van der Waals surface area contributed by atoms with Crippen LogP contribution in [0.25, 0.3) is 0 Å². The third-order valence-electron chi connectivity index (χ3n) is 2.89. The lowest BCUT2D eigenvalue weighted by atomic mass is 10.1. The molecule has 0 atom stereocenters. The zero-order chi connectivity index (χ0) is 12.6. The number of benzene rings is 1. The second kappa shape index (κ2) is 3.84. The Kier molecular flexibility index (Phi) is 2.61. The monoisotopic (exact) mass is 237 g/mol. The Balaban J connectivity index is 2.16. The number of aryl methyl sites for hydroxylation is 1. The first kappa shape index (κ1) is 11.6. The van der Waals surface area contributed by atoms with Gasteiger partial charge in [-0.05, 0) is 43.5 Å². The first-order valence-electron chi connectivity index (χ1n) is 5.26. The van der Waals surface area contributed by atoms with Gasteiger partial charge in [0.1, 0.15) is 11.2 Å². The van der Waals surface area contributed by atoms with Gasteiger partial charge in [-0.3, -0.25) is 9.59 Å². The highest BCUT2D eigenvalue weighted by Gasteiger charge is 2.57. The van der Waals surface area contributed by atoms with Crippen molar-refractivity contribution in [3.63, 3.8) is 0 Å². The summed E-state index contributed by atoms with van der Waals surface area (Å²) in [6.45, 7) is 1.70. The van der Waals surface area contributed by atoms with Crippen LogP contribution in [0, 0.1) is 18.2 Å². The minimum Gasteiger partial charge on any atom is -0.480 e. The number of carboxylic acid groups (broad SMARTS) is 1. The van der Waals surface area contributed by atoms with E-state index in [1.165, 1.54) is 12.1 Å². The van der Waals surface area contributed by atoms with Gasteiger partial charge in [-0.15, -0.1) is 0 Å². The molecule has 0 bridgehead atoms. The van der Waals surface area contributed by atoms with E-state index in [1.54, 1.807) is 13.0 Å². The number of hydrogen-bond acceptors (Lipinski definition) is 2. The molecule has 4 nitrogen and oxygen atoms in total. The van der Waals surface area contributed by atoms with Crippen molar-refractivity contribution in [2.45, 2.75) is 19.8 Å². The van der Waals surface area contributed by atoms with E-state index in [1.807, 2.05) is 0 Å². The first-order chi connectivity index (χ1) is 7.94. The lowest BCUT2D eigenvalue weighted by molar-refractivity contribution is -0.147. The molecule has 0 heterocycles. The SMILES string of the molecule is Cc1cc(F)cc(NC(=O)C2(C(=O)O)CC2)c1. The normalized spacial score (nSPS) is 16.4. The standard InChI is InChI=1S/C12H12FNO3/c1-7-4-8(13)6-9(5-7)14-10(15)12(2-3-12)11(16)17/h4-6H,2-3H2,1H3,(H,14,15)(H,16,17). The van der Waals surface area contributed by atoms with Crippen LogP contribution in [0.2, 0.25) is 0 Å². The maximum atomic E-state index is 13.1. The fourth-order valence-electron chi connectivity index (χ4n) is 1.72. The molecule has 0 aliphatic heterocycles. The van der Waals surface area contributed by atoms with E-state index in [4.69, 9.17) is 5.11 Å². The van der Waals surface area contributed by atoms with Crippen molar-refractivity contribution in [1.29, 1.82) is 0 Å². The number of hydrogen-bond donors (Lipinski definition) is 2. The minimum absolute atomic E-state index is 0.292. The maximum absolute atomic E-state index is 13.1. The number of carboxylic acids is 1. The predicted molar refractivity (Wildman–Crippen MR) is 59.1 cm³/mol. The van der Waals surface area contributed by atoms with Crippen LogP contribution in [0.3, 0.4) is 0 Å². The Morgan fingerprint density at radius 1 is 1.35 bits per heavy atom. The van der Waals surface area contributed by atoms with Crippen molar-refractivity contribution < 1.29 is 19.1 Å². The van der Waals surface area contributed by atoms with Crippen LogP contribution in [0.5, 0.6) is 0 Å². The molecular formula is C12H12FNO3. The molecule has 0 unspecified atom stereocenters. The van der Waals surface area contributed by atoms with Crippen molar-refractivity contribution in [2.24, 2.45) is 5.41 Å². The van der Waals surface area contributed by atoms with E-state index >= 15 is 0 Å². The lowest BCUT2D eigenvalue weighted by Gasteiger charge is -2.11. The van der Waals surface area contributed by atoms with Crippen molar-refractivity contribution in [3.05, 3.63) is 29.6 Å². The largest absolute Gasteiger partial charge is 0.480 e. The third kappa shape index (κ3) is 2.13. The molecule has 0 saturated heterocycles. The van der Waals surface area contributed by atoms with Gasteiger partial charge < -0.3 is 10.4 Å². The summed E-state index contributed by atoms with van der Waals surface area (Å²) in [6.07, 6.45) is 0.672. The quantitative estimate of drug-likeness (QED) is 0.789. The van der Waals surface area contributed by atoms with Gasteiger partial charge in [0.25, 0.3) is 0 Å². The molecule has 0 aromatic heterocycles. The fourth-order valence-corrected chi connectivity index (χ4v) is 1.72. The highest BCUT2D eigenvalue weighted by molar-refractivity contribution is 6.10. The van der Waals surface area contributed by atoms with Crippen molar-refractivity contribution in [3.8, 4) is 0 Å². The summed E-state index contributed by atoms with van der Waals surface area (Å²) in [5, 5.41) is 11.4. The Morgan fingerprint density at radius 3 is 2.47 bits per heavy atom. The molecule has 1 fully saturated rings. The molecular weight excluding hydrogens is 225 g/mol. The van der Waals surface area contributed by atoms with Crippen LogP contribution in [0.1, 0.15) is 18.4 Å². The summed E-state index contributed by atoms with van der Waals surface area (Å²) in [5.74, 6) is -2.15. The van der Waals surface area contributed by atoms with Gasteiger partial charge in [0.2, 0.25) is 5.91 Å². The van der Waals surface area contributed by atoms with Gasteiger partial charge in [0.15, 0.2) is 0 Å². The van der Waals surface area contributed by atoms with Crippen molar-refractivity contribution >= 4 is 17.6 Å². The number of aliphatic carboxylic acids is 1. The topological polar surface area (TPSA) is 66.4 Å². The number of rotatable bonds is 3. The molecule has 1 amide bonds. The molecule has 17 heavy (non-hydrogen) atoms. The lowest BCUT2D eigenvalue weighted by Crippen LogP contribution is -2.31. The minimum atomic E-state index is -1.31. The van der Waals surface area contributed by atoms with Crippen LogP contribution < -0.4 is 5.32 Å². The number of carbonyl (C=O) groups is 2. The molecule has 2 rings (SSSR count). The second-order valence-electron chi connectivity index (χ2n) is 4.36. The molecule has 0 radical (unpaired) electrons. The van der Waals surface area contributed by atoms with Crippen LogP contribution in [0.15, 0.2) is 18.2 Å². The van der Waals surface area contributed by atoms with Crippen LogP contribution in [-0.4, -0.2) is 17.0 Å². The summed E-state index contributed by atoms with van der Waals surface area (Å²) in [6, 6.07) is 4.10. The molecule has 1 aromatic rings. The second-order valence-corrected chi connectivity index (χ2v) is 4.36. The molecule has 90 valence electrons. The summed E-state index contributed by atoms with van der Waals surface area (Å²) in [4.78, 5) is 22.7. The molecule has 1 saturated carbocycles. The fraction of sp³-hybridized carbons (Fsp3) is 0.333. The summed E-state index contributed by atoms with van der Waals surface area (Å²) >= 11 is 0. The average Bonchev–Trinajstić information content (AvgIpc) is 2.95.